The number of hydrogen-bond acceptors (Lipinski definition) is 4. The van der Waals surface area contributed by atoms with Gasteiger partial charge in [0, 0.05) is 31.7 Å². The average molecular weight is 390 g/mol. The van der Waals surface area contributed by atoms with Gasteiger partial charge < -0.3 is 15.0 Å². The average Bonchev–Trinajstić information content (AvgIpc) is 2.68. The van der Waals surface area contributed by atoms with Gasteiger partial charge in [-0.2, -0.15) is 0 Å². The van der Waals surface area contributed by atoms with Gasteiger partial charge in [-0.05, 0) is 31.5 Å². The number of benzene rings is 2. The zero-order valence-corrected chi connectivity index (χ0v) is 16.5. The number of hydrogen-bond donors (Lipinski definition) is 2. The van der Waals surface area contributed by atoms with Crippen LogP contribution in [-0.4, -0.2) is 50.3 Å². The van der Waals surface area contributed by atoms with Crippen molar-refractivity contribution in [2.24, 2.45) is 0 Å². The van der Waals surface area contributed by atoms with Crippen LogP contribution in [0.3, 0.4) is 0 Å². The fourth-order valence-corrected chi connectivity index (χ4v) is 3.27. The number of halogens is 1. The van der Waals surface area contributed by atoms with Crippen molar-refractivity contribution < 1.29 is 9.53 Å². The van der Waals surface area contributed by atoms with Crippen molar-refractivity contribution in [1.29, 1.82) is 0 Å². The van der Waals surface area contributed by atoms with Crippen molar-refractivity contribution in [3.63, 3.8) is 0 Å². The number of amides is 1. The highest BCUT2D eigenvalue weighted by Crippen LogP contribution is 2.27. The normalized spacial score (nSPS) is 15.0. The molecule has 2 aromatic carbocycles. The number of para-hydroxylation sites is 1. The number of rotatable bonds is 6. The summed E-state index contributed by atoms with van der Waals surface area (Å²) in [5, 5.41) is 6.08. The van der Waals surface area contributed by atoms with E-state index in [1.807, 2.05) is 61.6 Å². The number of likely N-dealkylation sites (N-methyl/N-ethyl adjacent to an activating group) is 1. The number of nitrogens with one attached hydrogen (secondary N) is 2. The molecule has 1 heterocycles. The highest BCUT2D eigenvalue weighted by molar-refractivity contribution is 5.91. The minimum absolute atomic E-state index is 0. The lowest BCUT2D eigenvalue weighted by atomic mass is 10.0. The van der Waals surface area contributed by atoms with E-state index in [1.165, 1.54) is 0 Å². The summed E-state index contributed by atoms with van der Waals surface area (Å²) < 4.78 is 5.65. The number of carbonyl (C=O) groups excluding carboxylic acids is 1. The van der Waals surface area contributed by atoms with E-state index in [2.05, 4.69) is 15.5 Å². The first-order chi connectivity index (χ1) is 12.8. The molecule has 0 aliphatic carbocycles. The lowest BCUT2D eigenvalue weighted by molar-refractivity contribution is 0.0594. The summed E-state index contributed by atoms with van der Waals surface area (Å²) >= 11 is 0. The maximum atomic E-state index is 12.4. The Morgan fingerprint density at radius 3 is 2.44 bits per heavy atom. The van der Waals surface area contributed by atoms with E-state index in [0.717, 1.165) is 55.8 Å². The third-order valence-electron chi connectivity index (χ3n) is 4.73. The second-order valence-corrected chi connectivity index (χ2v) is 6.59. The van der Waals surface area contributed by atoms with Gasteiger partial charge in [0.2, 0.25) is 0 Å². The summed E-state index contributed by atoms with van der Waals surface area (Å²) in [4.78, 5) is 14.8. The monoisotopic (exact) mass is 389 g/mol. The summed E-state index contributed by atoms with van der Waals surface area (Å²) in [6.07, 6.45) is 1.39. The van der Waals surface area contributed by atoms with E-state index >= 15 is 0 Å². The molecule has 0 spiro atoms. The number of likely N-dealkylation sites (tertiary alicyclic amines) is 1. The highest BCUT2D eigenvalue weighted by atomic mass is 35.5. The fourth-order valence-electron chi connectivity index (χ4n) is 3.27. The molecule has 27 heavy (non-hydrogen) atoms. The minimum Gasteiger partial charge on any atom is -0.446 e. The van der Waals surface area contributed by atoms with Crippen molar-refractivity contribution in [3.05, 3.63) is 54.6 Å². The molecule has 0 bridgehead atoms. The summed E-state index contributed by atoms with van der Waals surface area (Å²) in [5.74, 6) is 0. The third-order valence-corrected chi connectivity index (χ3v) is 4.73. The summed E-state index contributed by atoms with van der Waals surface area (Å²) in [7, 11) is 1.97. The molecular weight excluding hydrogens is 362 g/mol. The first-order valence-electron chi connectivity index (χ1n) is 9.25. The molecule has 0 unspecified atom stereocenters. The molecule has 0 aromatic heterocycles. The molecular formula is C21H28ClN3O2. The first kappa shape index (κ1) is 21.2. The molecule has 0 radical (unpaired) electrons. The molecule has 1 amide bonds. The molecule has 1 aliphatic heterocycles. The fraction of sp³-hybridized carbons (Fsp3) is 0.381. The van der Waals surface area contributed by atoms with Crippen molar-refractivity contribution in [1.82, 2.24) is 10.2 Å². The van der Waals surface area contributed by atoms with E-state index in [9.17, 15) is 4.79 Å². The van der Waals surface area contributed by atoms with Gasteiger partial charge >= 0.3 is 6.09 Å². The van der Waals surface area contributed by atoms with Crippen LogP contribution in [0.5, 0.6) is 0 Å². The molecule has 146 valence electrons. The van der Waals surface area contributed by atoms with Gasteiger partial charge in [-0.25, -0.2) is 4.79 Å². The molecule has 6 heteroatoms. The highest BCUT2D eigenvalue weighted by Gasteiger charge is 2.22. The van der Waals surface area contributed by atoms with Crippen LogP contribution in [0.25, 0.3) is 11.1 Å². The van der Waals surface area contributed by atoms with Crippen LogP contribution >= 0.6 is 12.4 Å². The Morgan fingerprint density at radius 2 is 1.74 bits per heavy atom. The van der Waals surface area contributed by atoms with E-state index in [1.54, 1.807) is 0 Å². The number of ether oxygens (including phenoxy) is 1. The molecule has 0 atom stereocenters. The number of nitrogens with zero attached hydrogens (tertiary/aromatic N) is 1. The number of anilines is 1. The van der Waals surface area contributed by atoms with Gasteiger partial charge in [0.05, 0.1) is 5.69 Å². The third kappa shape index (κ3) is 6.24. The molecule has 2 aromatic rings. The largest absolute Gasteiger partial charge is 0.446 e. The number of carbonyl (C=O) groups is 1. The van der Waals surface area contributed by atoms with Gasteiger partial charge in [-0.1, -0.05) is 48.5 Å². The van der Waals surface area contributed by atoms with E-state index < -0.39 is 0 Å². The maximum Gasteiger partial charge on any atom is 0.411 e. The predicted molar refractivity (Wildman–Crippen MR) is 113 cm³/mol. The van der Waals surface area contributed by atoms with E-state index in [-0.39, 0.29) is 24.6 Å². The Balaban J connectivity index is 0.00000261. The molecule has 0 saturated carbocycles. The number of piperidine rings is 1. The van der Waals surface area contributed by atoms with Crippen LogP contribution in [0, 0.1) is 0 Å². The van der Waals surface area contributed by atoms with Gasteiger partial charge in [-0.15, -0.1) is 12.4 Å². The van der Waals surface area contributed by atoms with Crippen LogP contribution in [0.2, 0.25) is 0 Å². The summed E-state index contributed by atoms with van der Waals surface area (Å²) in [6, 6.07) is 17.8. The van der Waals surface area contributed by atoms with E-state index in [0.29, 0.717) is 0 Å². The van der Waals surface area contributed by atoms with Gasteiger partial charge in [0.15, 0.2) is 0 Å². The molecule has 1 aliphatic rings. The van der Waals surface area contributed by atoms with E-state index in [4.69, 9.17) is 4.74 Å². The summed E-state index contributed by atoms with van der Waals surface area (Å²) in [6.45, 7) is 3.97. The van der Waals surface area contributed by atoms with Gasteiger partial charge in [-0.3, -0.25) is 5.32 Å². The van der Waals surface area contributed by atoms with Crippen LogP contribution < -0.4 is 10.6 Å². The predicted octanol–water partition coefficient (Wildman–Crippen LogP) is 4.01. The zero-order valence-electron chi connectivity index (χ0n) is 15.7. The van der Waals surface area contributed by atoms with Crippen LogP contribution in [0.1, 0.15) is 12.8 Å². The van der Waals surface area contributed by atoms with Crippen molar-refractivity contribution in [2.45, 2.75) is 18.9 Å². The zero-order chi connectivity index (χ0) is 18.2. The first-order valence-corrected chi connectivity index (χ1v) is 9.25. The Kier molecular flexibility index (Phi) is 8.58. The standard InChI is InChI=1S/C21H27N3O2.ClH/c1-22-13-16-24-14-11-18(12-15-24)26-21(25)23-20-10-6-5-9-19(20)17-7-3-2-4-8-17;/h2-10,18,22H,11-16H2,1H3,(H,23,25);1H. The smallest absolute Gasteiger partial charge is 0.411 e. The molecule has 1 saturated heterocycles. The van der Waals surface area contributed by atoms with Crippen molar-refractivity contribution >= 4 is 24.2 Å². The van der Waals surface area contributed by atoms with Crippen molar-refractivity contribution in [3.8, 4) is 11.1 Å². The SMILES string of the molecule is CNCCN1CCC(OC(=O)Nc2ccccc2-c2ccccc2)CC1.Cl. The molecule has 1 fully saturated rings. The maximum absolute atomic E-state index is 12.4. The van der Waals surface area contributed by atoms with Crippen LogP contribution in [0.15, 0.2) is 54.6 Å². The molecule has 2 N–H and O–H groups in total. The quantitative estimate of drug-likeness (QED) is 0.783. The Labute approximate surface area is 167 Å². The van der Waals surface area contributed by atoms with Crippen LogP contribution in [-0.2, 0) is 4.74 Å². The van der Waals surface area contributed by atoms with Crippen molar-refractivity contribution in [2.75, 3.05) is 38.5 Å². The Hall–Kier alpha value is -2.08. The second kappa shape index (κ2) is 10.9. The second-order valence-electron chi connectivity index (χ2n) is 6.59. The van der Waals surface area contributed by atoms with Gasteiger partial charge in [0.1, 0.15) is 6.10 Å². The Morgan fingerprint density at radius 1 is 1.07 bits per heavy atom. The minimum atomic E-state index is -0.373. The topological polar surface area (TPSA) is 53.6 Å². The molecule has 3 rings (SSSR count). The molecule has 5 nitrogen and oxygen atoms in total. The van der Waals surface area contributed by atoms with Gasteiger partial charge in [0.25, 0.3) is 0 Å². The lowest BCUT2D eigenvalue weighted by Gasteiger charge is -2.31. The lowest BCUT2D eigenvalue weighted by Crippen LogP contribution is -2.41. The summed E-state index contributed by atoms with van der Waals surface area (Å²) in [5.41, 5.74) is 2.84. The van der Waals surface area contributed by atoms with Crippen LogP contribution in [0.4, 0.5) is 10.5 Å². The Bertz CT molecular complexity index is 704.